The highest BCUT2D eigenvalue weighted by Gasteiger charge is 2.19. The molecule has 0 aliphatic rings. The van der Waals surface area contributed by atoms with E-state index in [0.717, 1.165) is 16.7 Å². The van der Waals surface area contributed by atoms with Gasteiger partial charge in [-0.05, 0) is 18.2 Å². The summed E-state index contributed by atoms with van der Waals surface area (Å²) in [6.07, 6.45) is 1.30. The maximum absolute atomic E-state index is 11.1. The first kappa shape index (κ1) is 15.1. The molecule has 7 nitrogen and oxygen atoms in total. The van der Waals surface area contributed by atoms with Gasteiger partial charge in [-0.3, -0.25) is 10.1 Å². The molecule has 0 fully saturated rings. The number of hydrogen-bond donors (Lipinski definition) is 2. The van der Waals surface area contributed by atoms with Crippen molar-refractivity contribution in [3.8, 4) is 0 Å². The Kier molecular flexibility index (Phi) is 4.61. The maximum atomic E-state index is 11.1. The van der Waals surface area contributed by atoms with E-state index in [0.29, 0.717) is 5.02 Å². The van der Waals surface area contributed by atoms with E-state index in [-0.39, 0.29) is 22.1 Å². The summed E-state index contributed by atoms with van der Waals surface area (Å²) in [6.45, 7) is 0. The summed E-state index contributed by atoms with van der Waals surface area (Å²) in [4.78, 5) is 15.3. The molecule has 2 rings (SSSR count). The number of hydrogen-bond acceptors (Lipinski definition) is 6. The molecule has 0 atom stereocenters. The van der Waals surface area contributed by atoms with Gasteiger partial charge in [0, 0.05) is 27.7 Å². The van der Waals surface area contributed by atoms with Crippen molar-refractivity contribution in [3.05, 3.63) is 57.2 Å². The van der Waals surface area contributed by atoms with Crippen molar-refractivity contribution in [1.29, 1.82) is 0 Å². The molecular weight excluding hydrogens is 316 g/mol. The van der Waals surface area contributed by atoms with E-state index in [9.17, 15) is 10.1 Å². The SMILES string of the molecule is N/C(=N/O)c1cnc(Sc2cccc(Cl)c2)c([N+](=O)[O-])c1. The normalized spacial score (nSPS) is 11.4. The number of aromatic nitrogens is 1. The second kappa shape index (κ2) is 6.42. The average Bonchev–Trinajstić information content (AvgIpc) is 2.46. The topological polar surface area (TPSA) is 115 Å². The fraction of sp³-hybridized carbons (Fsp3) is 0. The van der Waals surface area contributed by atoms with Crippen LogP contribution in [0.5, 0.6) is 0 Å². The number of oxime groups is 1. The molecule has 0 bridgehead atoms. The lowest BCUT2D eigenvalue weighted by molar-refractivity contribution is -0.388. The molecule has 2 aromatic rings. The number of nitro groups is 1. The minimum absolute atomic E-state index is 0.166. The molecule has 0 saturated carbocycles. The molecule has 0 aliphatic carbocycles. The predicted molar refractivity (Wildman–Crippen MR) is 79.0 cm³/mol. The van der Waals surface area contributed by atoms with Crippen LogP contribution in [0.4, 0.5) is 5.69 Å². The van der Waals surface area contributed by atoms with Crippen LogP contribution < -0.4 is 5.73 Å². The second-order valence-electron chi connectivity index (χ2n) is 3.85. The van der Waals surface area contributed by atoms with Crippen LogP contribution in [0, 0.1) is 10.1 Å². The van der Waals surface area contributed by atoms with Crippen LogP contribution in [0.25, 0.3) is 0 Å². The maximum Gasteiger partial charge on any atom is 0.302 e. The minimum atomic E-state index is -0.575. The van der Waals surface area contributed by atoms with E-state index in [1.165, 1.54) is 12.3 Å². The van der Waals surface area contributed by atoms with Gasteiger partial charge < -0.3 is 10.9 Å². The lowest BCUT2D eigenvalue weighted by Crippen LogP contribution is -2.14. The summed E-state index contributed by atoms with van der Waals surface area (Å²) in [5.74, 6) is -0.245. The first-order valence-electron chi connectivity index (χ1n) is 5.57. The lowest BCUT2D eigenvalue weighted by Gasteiger charge is -2.04. The molecule has 9 heteroatoms. The molecule has 3 N–H and O–H groups in total. The van der Waals surface area contributed by atoms with Crippen molar-refractivity contribution in [3.63, 3.8) is 0 Å². The predicted octanol–water partition coefficient (Wildman–Crippen LogP) is 2.89. The third-order valence-corrected chi connectivity index (χ3v) is 3.68. The summed E-state index contributed by atoms with van der Waals surface area (Å²) in [5.41, 5.74) is 5.33. The Balaban J connectivity index is 2.41. The van der Waals surface area contributed by atoms with Gasteiger partial charge in [0.1, 0.15) is 0 Å². The summed E-state index contributed by atoms with van der Waals surface area (Å²) < 4.78 is 0. The molecule has 0 radical (unpaired) electrons. The quantitative estimate of drug-likeness (QED) is 0.294. The molecule has 0 amide bonds. The number of amidine groups is 1. The molecule has 0 unspecified atom stereocenters. The Morgan fingerprint density at radius 1 is 1.48 bits per heavy atom. The van der Waals surface area contributed by atoms with Crippen molar-refractivity contribution in [2.24, 2.45) is 10.9 Å². The van der Waals surface area contributed by atoms with Gasteiger partial charge in [0.25, 0.3) is 0 Å². The molecule has 1 aromatic heterocycles. The van der Waals surface area contributed by atoms with E-state index >= 15 is 0 Å². The lowest BCUT2D eigenvalue weighted by atomic mass is 10.2. The van der Waals surface area contributed by atoms with Gasteiger partial charge in [0.15, 0.2) is 10.9 Å². The summed E-state index contributed by atoms with van der Waals surface area (Å²) in [6, 6.07) is 8.08. The molecule has 108 valence electrons. The Morgan fingerprint density at radius 2 is 2.24 bits per heavy atom. The third kappa shape index (κ3) is 3.61. The standard InChI is InChI=1S/C12H9ClN4O3S/c13-8-2-1-3-9(5-8)21-12-10(17(19)20)4-7(6-15-12)11(14)16-18/h1-6,18H,(H2,14,16). The van der Waals surface area contributed by atoms with Crippen LogP contribution in [0.1, 0.15) is 5.56 Å². The Morgan fingerprint density at radius 3 is 2.86 bits per heavy atom. The zero-order chi connectivity index (χ0) is 15.4. The van der Waals surface area contributed by atoms with Gasteiger partial charge in [-0.15, -0.1) is 0 Å². The van der Waals surface area contributed by atoms with E-state index in [4.69, 9.17) is 22.5 Å². The van der Waals surface area contributed by atoms with Crippen LogP contribution in [-0.2, 0) is 0 Å². The first-order chi connectivity index (χ1) is 10.0. The summed E-state index contributed by atoms with van der Waals surface area (Å²) >= 11 is 6.98. The number of nitrogens with two attached hydrogens (primary N) is 1. The van der Waals surface area contributed by atoms with Crippen molar-refractivity contribution < 1.29 is 10.1 Å². The van der Waals surface area contributed by atoms with Crippen LogP contribution in [0.15, 0.2) is 51.6 Å². The van der Waals surface area contributed by atoms with Crippen LogP contribution >= 0.6 is 23.4 Å². The number of rotatable bonds is 4. The minimum Gasteiger partial charge on any atom is -0.409 e. The molecule has 0 saturated heterocycles. The molecule has 1 heterocycles. The Hall–Kier alpha value is -2.32. The smallest absolute Gasteiger partial charge is 0.302 e. The molecule has 0 spiro atoms. The highest BCUT2D eigenvalue weighted by atomic mass is 35.5. The summed E-state index contributed by atoms with van der Waals surface area (Å²) in [7, 11) is 0. The first-order valence-corrected chi connectivity index (χ1v) is 6.76. The third-order valence-electron chi connectivity index (χ3n) is 2.44. The largest absolute Gasteiger partial charge is 0.409 e. The fourth-order valence-corrected chi connectivity index (χ4v) is 2.64. The number of halogens is 1. The van der Waals surface area contributed by atoms with Gasteiger partial charge in [-0.1, -0.05) is 34.6 Å². The van der Waals surface area contributed by atoms with Crippen molar-refractivity contribution >= 4 is 34.9 Å². The van der Waals surface area contributed by atoms with E-state index in [1.54, 1.807) is 24.3 Å². The monoisotopic (exact) mass is 324 g/mol. The van der Waals surface area contributed by atoms with Gasteiger partial charge in [0.05, 0.1) is 4.92 Å². The number of nitrogens with zero attached hydrogens (tertiary/aromatic N) is 3. The van der Waals surface area contributed by atoms with Crippen LogP contribution in [0.3, 0.4) is 0 Å². The number of pyridine rings is 1. The number of benzene rings is 1. The van der Waals surface area contributed by atoms with Crippen molar-refractivity contribution in [1.82, 2.24) is 4.98 Å². The molecule has 1 aromatic carbocycles. The zero-order valence-corrected chi connectivity index (χ0v) is 12.0. The van der Waals surface area contributed by atoms with Gasteiger partial charge >= 0.3 is 5.69 Å². The molecular formula is C12H9ClN4O3S. The zero-order valence-electron chi connectivity index (χ0n) is 10.4. The van der Waals surface area contributed by atoms with Gasteiger partial charge in [0.2, 0.25) is 0 Å². The summed E-state index contributed by atoms with van der Waals surface area (Å²) in [5, 5.41) is 23.2. The van der Waals surface area contributed by atoms with Crippen molar-refractivity contribution in [2.45, 2.75) is 9.92 Å². The Bertz CT molecular complexity index is 723. The van der Waals surface area contributed by atoms with E-state index < -0.39 is 4.92 Å². The van der Waals surface area contributed by atoms with Gasteiger partial charge in [-0.25, -0.2) is 4.98 Å². The molecule has 21 heavy (non-hydrogen) atoms. The van der Waals surface area contributed by atoms with Gasteiger partial charge in [-0.2, -0.15) is 0 Å². The Labute approximate surface area is 128 Å². The molecule has 0 aliphatic heterocycles. The fourth-order valence-electron chi connectivity index (χ4n) is 1.49. The van der Waals surface area contributed by atoms with E-state index in [2.05, 4.69) is 10.1 Å². The van der Waals surface area contributed by atoms with Crippen molar-refractivity contribution in [2.75, 3.05) is 0 Å². The van der Waals surface area contributed by atoms with E-state index in [1.807, 2.05) is 0 Å². The van der Waals surface area contributed by atoms with Crippen LogP contribution in [0.2, 0.25) is 5.02 Å². The highest BCUT2D eigenvalue weighted by molar-refractivity contribution is 7.99. The average molecular weight is 325 g/mol. The highest BCUT2D eigenvalue weighted by Crippen LogP contribution is 2.34. The van der Waals surface area contributed by atoms with Crippen LogP contribution in [-0.4, -0.2) is 21.0 Å². The second-order valence-corrected chi connectivity index (χ2v) is 5.35.